The molecule has 172 valence electrons. The number of carbonyl (C=O) groups excluding carboxylic acids is 2. The SMILES string of the molecule is CCCCN1C(=O)c2cccc3c(NC(=O)CCCS(=O)(=O)c4ccc(F)cc4)ccc1c23. The zero-order valence-electron chi connectivity index (χ0n) is 18.3. The number of hydrogen-bond donors (Lipinski definition) is 1. The fourth-order valence-electron chi connectivity index (χ4n) is 4.09. The lowest BCUT2D eigenvalue weighted by Gasteiger charge is -2.17. The lowest BCUT2D eigenvalue weighted by molar-refractivity contribution is -0.116. The van der Waals surface area contributed by atoms with Gasteiger partial charge in [-0.3, -0.25) is 9.59 Å². The second-order valence-corrected chi connectivity index (χ2v) is 10.2. The minimum atomic E-state index is -3.59. The van der Waals surface area contributed by atoms with Gasteiger partial charge in [0.2, 0.25) is 5.91 Å². The van der Waals surface area contributed by atoms with Gasteiger partial charge >= 0.3 is 0 Å². The maximum Gasteiger partial charge on any atom is 0.258 e. The van der Waals surface area contributed by atoms with Gasteiger partial charge in [-0.05, 0) is 55.3 Å². The van der Waals surface area contributed by atoms with E-state index in [9.17, 15) is 22.4 Å². The van der Waals surface area contributed by atoms with Gasteiger partial charge in [-0.2, -0.15) is 0 Å². The minimum absolute atomic E-state index is 0.0188. The van der Waals surface area contributed by atoms with E-state index in [1.807, 2.05) is 12.1 Å². The quantitative estimate of drug-likeness (QED) is 0.451. The molecule has 0 atom stereocenters. The van der Waals surface area contributed by atoms with Crippen LogP contribution in [0.25, 0.3) is 10.8 Å². The first-order valence-corrected chi connectivity index (χ1v) is 12.6. The van der Waals surface area contributed by atoms with Gasteiger partial charge in [-0.15, -0.1) is 0 Å². The number of carbonyl (C=O) groups is 2. The molecule has 1 aliphatic rings. The van der Waals surface area contributed by atoms with Gasteiger partial charge in [0, 0.05) is 35.0 Å². The number of hydrogen-bond acceptors (Lipinski definition) is 4. The van der Waals surface area contributed by atoms with Crippen LogP contribution < -0.4 is 10.2 Å². The Balaban J connectivity index is 1.46. The number of anilines is 2. The van der Waals surface area contributed by atoms with E-state index < -0.39 is 15.7 Å². The number of nitrogens with zero attached hydrogens (tertiary/aromatic N) is 1. The summed E-state index contributed by atoms with van der Waals surface area (Å²) < 4.78 is 37.8. The third-order valence-electron chi connectivity index (χ3n) is 5.78. The Morgan fingerprint density at radius 2 is 1.79 bits per heavy atom. The van der Waals surface area contributed by atoms with Crippen LogP contribution in [0.1, 0.15) is 43.0 Å². The maximum atomic E-state index is 13.0. The summed E-state index contributed by atoms with van der Waals surface area (Å²) >= 11 is 0. The smallest absolute Gasteiger partial charge is 0.258 e. The van der Waals surface area contributed by atoms with Crippen LogP contribution in [0.2, 0.25) is 0 Å². The minimum Gasteiger partial charge on any atom is -0.326 e. The molecule has 0 saturated heterocycles. The van der Waals surface area contributed by atoms with Gasteiger partial charge in [0.25, 0.3) is 5.91 Å². The number of unbranched alkanes of at least 4 members (excludes halogenated alkanes) is 1. The van der Waals surface area contributed by atoms with Crippen LogP contribution in [-0.2, 0) is 14.6 Å². The van der Waals surface area contributed by atoms with Gasteiger partial charge in [-0.1, -0.05) is 25.5 Å². The molecule has 0 fully saturated rings. The van der Waals surface area contributed by atoms with E-state index in [1.165, 1.54) is 12.1 Å². The molecule has 2 amide bonds. The lowest BCUT2D eigenvalue weighted by atomic mass is 10.0. The monoisotopic (exact) mass is 468 g/mol. The molecule has 0 spiro atoms. The molecule has 33 heavy (non-hydrogen) atoms. The molecule has 3 aromatic rings. The first-order valence-electron chi connectivity index (χ1n) is 11.0. The van der Waals surface area contributed by atoms with Crippen LogP contribution >= 0.6 is 0 Å². The summed E-state index contributed by atoms with van der Waals surface area (Å²) in [6, 6.07) is 13.7. The summed E-state index contributed by atoms with van der Waals surface area (Å²) in [5.41, 5.74) is 2.06. The topological polar surface area (TPSA) is 83.6 Å². The van der Waals surface area contributed by atoms with Crippen molar-refractivity contribution in [3.63, 3.8) is 0 Å². The van der Waals surface area contributed by atoms with Crippen molar-refractivity contribution in [3.8, 4) is 0 Å². The predicted octanol–water partition coefficient (Wildman–Crippen LogP) is 4.93. The number of benzene rings is 3. The Morgan fingerprint density at radius 1 is 1.03 bits per heavy atom. The van der Waals surface area contributed by atoms with Crippen molar-refractivity contribution in [2.24, 2.45) is 0 Å². The molecule has 3 aromatic carbocycles. The van der Waals surface area contributed by atoms with Crippen LogP contribution in [-0.4, -0.2) is 32.5 Å². The molecule has 0 unspecified atom stereocenters. The van der Waals surface area contributed by atoms with E-state index in [2.05, 4.69) is 12.2 Å². The molecule has 6 nitrogen and oxygen atoms in total. The Morgan fingerprint density at radius 3 is 2.52 bits per heavy atom. The molecule has 1 aliphatic heterocycles. The number of rotatable bonds is 9. The van der Waals surface area contributed by atoms with Crippen molar-refractivity contribution in [1.29, 1.82) is 0 Å². The van der Waals surface area contributed by atoms with Gasteiger partial charge in [0.1, 0.15) is 5.82 Å². The molecular weight excluding hydrogens is 443 g/mol. The average Bonchev–Trinajstić information content (AvgIpc) is 3.06. The number of sulfone groups is 1. The van der Waals surface area contributed by atoms with E-state index in [0.29, 0.717) is 17.8 Å². The van der Waals surface area contributed by atoms with Crippen LogP contribution in [0.15, 0.2) is 59.5 Å². The third kappa shape index (κ3) is 4.61. The van der Waals surface area contributed by atoms with Crippen LogP contribution in [0, 0.1) is 5.82 Å². The van der Waals surface area contributed by atoms with E-state index in [0.717, 1.165) is 41.4 Å². The predicted molar refractivity (Wildman–Crippen MR) is 127 cm³/mol. The van der Waals surface area contributed by atoms with E-state index in [4.69, 9.17) is 0 Å². The molecule has 8 heteroatoms. The van der Waals surface area contributed by atoms with Crippen molar-refractivity contribution < 1.29 is 22.4 Å². The Kier molecular flexibility index (Phi) is 6.47. The fourth-order valence-corrected chi connectivity index (χ4v) is 5.40. The molecule has 1 heterocycles. The fraction of sp³-hybridized carbons (Fsp3) is 0.280. The second kappa shape index (κ2) is 9.31. The molecule has 0 aromatic heterocycles. The molecule has 1 N–H and O–H groups in total. The van der Waals surface area contributed by atoms with Gasteiger partial charge in [0.05, 0.1) is 16.3 Å². The highest BCUT2D eigenvalue weighted by atomic mass is 32.2. The van der Waals surface area contributed by atoms with Crippen LogP contribution in [0.3, 0.4) is 0 Å². The Bertz CT molecular complexity index is 1320. The van der Waals surface area contributed by atoms with Crippen molar-refractivity contribution >= 4 is 43.8 Å². The zero-order chi connectivity index (χ0) is 23.6. The largest absolute Gasteiger partial charge is 0.326 e. The summed E-state index contributed by atoms with van der Waals surface area (Å²) in [5.74, 6) is -1.05. The highest BCUT2D eigenvalue weighted by Gasteiger charge is 2.30. The zero-order valence-corrected chi connectivity index (χ0v) is 19.1. The Hall–Kier alpha value is -3.26. The normalized spacial score (nSPS) is 13.0. The van der Waals surface area contributed by atoms with E-state index in [-0.39, 0.29) is 35.3 Å². The standard InChI is InChI=1S/C25H25FN2O4S/c1-2-3-15-28-22-14-13-21(19-6-4-7-20(24(19)22)25(28)30)27-23(29)8-5-16-33(31,32)18-11-9-17(26)10-12-18/h4,6-7,9-14H,2-3,5,8,15-16H2,1H3,(H,27,29). The van der Waals surface area contributed by atoms with Crippen molar-refractivity contribution in [1.82, 2.24) is 0 Å². The van der Waals surface area contributed by atoms with E-state index in [1.54, 1.807) is 23.1 Å². The molecule has 0 radical (unpaired) electrons. The molecule has 0 saturated carbocycles. The van der Waals surface area contributed by atoms with Gasteiger partial charge in [0.15, 0.2) is 9.84 Å². The van der Waals surface area contributed by atoms with Crippen LogP contribution in [0.4, 0.5) is 15.8 Å². The summed E-state index contributed by atoms with van der Waals surface area (Å²) in [6.07, 6.45) is 2.04. The number of halogens is 1. The highest BCUT2D eigenvalue weighted by molar-refractivity contribution is 7.91. The summed E-state index contributed by atoms with van der Waals surface area (Å²) in [7, 11) is -3.59. The lowest BCUT2D eigenvalue weighted by Crippen LogP contribution is -2.27. The second-order valence-electron chi connectivity index (χ2n) is 8.10. The maximum absolute atomic E-state index is 13.0. The Labute approximate surface area is 192 Å². The van der Waals surface area contributed by atoms with Crippen molar-refractivity contribution in [2.75, 3.05) is 22.5 Å². The van der Waals surface area contributed by atoms with Crippen molar-refractivity contribution in [3.05, 3.63) is 66.0 Å². The van der Waals surface area contributed by atoms with E-state index >= 15 is 0 Å². The molecule has 0 aliphatic carbocycles. The summed E-state index contributed by atoms with van der Waals surface area (Å²) in [4.78, 5) is 27.2. The van der Waals surface area contributed by atoms with Gasteiger partial charge < -0.3 is 10.2 Å². The molecular formula is C25H25FN2O4S. The first kappa shape index (κ1) is 22.9. The number of nitrogens with one attached hydrogen (secondary N) is 1. The summed E-state index contributed by atoms with van der Waals surface area (Å²) in [5, 5.41) is 4.47. The molecule has 4 rings (SSSR count). The molecule has 0 bridgehead atoms. The third-order valence-corrected chi connectivity index (χ3v) is 7.60. The highest BCUT2D eigenvalue weighted by Crippen LogP contribution is 2.40. The number of amides is 2. The first-order chi connectivity index (χ1) is 15.8. The van der Waals surface area contributed by atoms with Crippen LogP contribution in [0.5, 0.6) is 0 Å². The van der Waals surface area contributed by atoms with Crippen molar-refractivity contribution in [2.45, 2.75) is 37.5 Å². The summed E-state index contributed by atoms with van der Waals surface area (Å²) in [6.45, 7) is 2.72. The van der Waals surface area contributed by atoms with Gasteiger partial charge in [-0.25, -0.2) is 12.8 Å². The average molecular weight is 469 g/mol.